The van der Waals surface area contributed by atoms with Gasteiger partial charge in [0.05, 0.1) is 5.56 Å². The minimum absolute atomic E-state index is 0.0167. The third-order valence-electron chi connectivity index (χ3n) is 4.12. The van der Waals surface area contributed by atoms with Gasteiger partial charge >= 0.3 is 5.91 Å². The average molecular weight is 329 g/mol. The largest absolute Gasteiger partial charge is 0.455 e. The van der Waals surface area contributed by atoms with Gasteiger partial charge < -0.3 is 9.40 Å². The van der Waals surface area contributed by atoms with E-state index in [1.807, 2.05) is 13.8 Å². The zero-order chi connectivity index (χ0) is 17.5. The molecule has 3 N–H and O–H groups in total. The maximum absolute atomic E-state index is 12.3. The summed E-state index contributed by atoms with van der Waals surface area (Å²) in [4.78, 5) is 39.1. The van der Waals surface area contributed by atoms with Gasteiger partial charge in [0.25, 0.3) is 5.91 Å². The third-order valence-corrected chi connectivity index (χ3v) is 4.12. The highest BCUT2D eigenvalue weighted by Crippen LogP contribution is 2.38. The molecule has 2 aromatic rings. The highest BCUT2D eigenvalue weighted by Gasteiger charge is 2.37. The standard InChI is InChI=1S/C17H19N3O4/c1-9-13-11(21)7-17(2,3)8-12(13)24-14(9)16(23)20-19-15(22)10-5-4-6-18-10/h4-6,18H,7-8H2,1-3H3,(H,19,22)(H,20,23). The number of carbonyl (C=O) groups is 3. The Balaban J connectivity index is 1.77. The van der Waals surface area contributed by atoms with Gasteiger partial charge in [0.15, 0.2) is 11.5 Å². The number of furan rings is 1. The minimum Gasteiger partial charge on any atom is -0.455 e. The molecule has 2 aromatic heterocycles. The summed E-state index contributed by atoms with van der Waals surface area (Å²) < 4.78 is 5.64. The summed E-state index contributed by atoms with van der Waals surface area (Å²) in [5, 5.41) is 0. The number of amides is 2. The van der Waals surface area contributed by atoms with Crippen molar-refractivity contribution >= 4 is 17.6 Å². The third kappa shape index (κ3) is 2.84. The summed E-state index contributed by atoms with van der Waals surface area (Å²) >= 11 is 0. The van der Waals surface area contributed by atoms with E-state index in [0.29, 0.717) is 35.4 Å². The summed E-state index contributed by atoms with van der Waals surface area (Å²) in [7, 11) is 0. The predicted molar refractivity (Wildman–Crippen MR) is 85.6 cm³/mol. The number of hydrazine groups is 1. The van der Waals surface area contributed by atoms with Crippen LogP contribution < -0.4 is 10.9 Å². The van der Waals surface area contributed by atoms with Gasteiger partial charge in [0.1, 0.15) is 11.5 Å². The van der Waals surface area contributed by atoms with E-state index in [4.69, 9.17) is 4.42 Å². The van der Waals surface area contributed by atoms with Crippen LogP contribution >= 0.6 is 0 Å². The number of fused-ring (bicyclic) bond motifs is 1. The van der Waals surface area contributed by atoms with Crippen LogP contribution in [0.2, 0.25) is 0 Å². The van der Waals surface area contributed by atoms with Gasteiger partial charge in [0, 0.05) is 24.6 Å². The number of hydrogen-bond donors (Lipinski definition) is 3. The highest BCUT2D eigenvalue weighted by molar-refractivity contribution is 6.04. The Morgan fingerprint density at radius 3 is 2.58 bits per heavy atom. The number of rotatable bonds is 2. The predicted octanol–water partition coefficient (Wildman–Crippen LogP) is 2.15. The molecule has 0 radical (unpaired) electrons. The second-order valence-electron chi connectivity index (χ2n) is 6.79. The molecule has 0 unspecified atom stereocenters. The number of aromatic nitrogens is 1. The molecule has 2 amide bonds. The van der Waals surface area contributed by atoms with Gasteiger partial charge in [-0.1, -0.05) is 13.8 Å². The van der Waals surface area contributed by atoms with E-state index in [-0.39, 0.29) is 17.0 Å². The Morgan fingerprint density at radius 1 is 1.21 bits per heavy atom. The van der Waals surface area contributed by atoms with Gasteiger partial charge in [0.2, 0.25) is 0 Å². The molecule has 1 aliphatic carbocycles. The number of ketones is 1. The van der Waals surface area contributed by atoms with Crippen LogP contribution in [0.25, 0.3) is 0 Å². The maximum Gasteiger partial charge on any atom is 0.305 e. The second-order valence-corrected chi connectivity index (χ2v) is 6.79. The Bertz CT molecular complexity index is 815. The summed E-state index contributed by atoms with van der Waals surface area (Å²) in [6, 6.07) is 3.26. The van der Waals surface area contributed by atoms with Crippen molar-refractivity contribution < 1.29 is 18.8 Å². The van der Waals surface area contributed by atoms with Gasteiger partial charge in [-0.15, -0.1) is 0 Å². The summed E-state index contributed by atoms with van der Waals surface area (Å²) in [5.74, 6) is -0.489. The Morgan fingerprint density at radius 2 is 1.92 bits per heavy atom. The molecular weight excluding hydrogens is 310 g/mol. The first-order valence-corrected chi connectivity index (χ1v) is 7.68. The van der Waals surface area contributed by atoms with Crippen LogP contribution in [0, 0.1) is 12.3 Å². The van der Waals surface area contributed by atoms with Crippen LogP contribution in [0.3, 0.4) is 0 Å². The lowest BCUT2D eigenvalue weighted by Crippen LogP contribution is -2.41. The van der Waals surface area contributed by atoms with E-state index in [2.05, 4.69) is 15.8 Å². The van der Waals surface area contributed by atoms with Crippen molar-refractivity contribution in [1.82, 2.24) is 15.8 Å². The molecule has 1 aliphatic rings. The number of Topliss-reactive ketones (excluding diaryl/α,β-unsaturated/α-hetero) is 1. The van der Waals surface area contributed by atoms with Crippen LogP contribution in [0.5, 0.6) is 0 Å². The summed E-state index contributed by atoms with van der Waals surface area (Å²) in [5.41, 5.74) is 5.75. The van der Waals surface area contributed by atoms with E-state index in [0.717, 1.165) is 0 Å². The summed E-state index contributed by atoms with van der Waals surface area (Å²) in [6.07, 6.45) is 2.62. The van der Waals surface area contributed by atoms with E-state index in [1.54, 1.807) is 25.3 Å². The van der Waals surface area contributed by atoms with E-state index in [1.165, 1.54) is 0 Å². The molecule has 126 valence electrons. The molecule has 0 fully saturated rings. The number of carbonyl (C=O) groups excluding carboxylic acids is 3. The number of nitrogens with one attached hydrogen (secondary N) is 3. The number of hydrogen-bond acceptors (Lipinski definition) is 4. The Hall–Kier alpha value is -2.83. The highest BCUT2D eigenvalue weighted by atomic mass is 16.4. The average Bonchev–Trinajstić information content (AvgIpc) is 3.11. The second kappa shape index (κ2) is 5.67. The van der Waals surface area contributed by atoms with Crippen molar-refractivity contribution in [3.8, 4) is 0 Å². The first-order valence-electron chi connectivity index (χ1n) is 7.68. The van der Waals surface area contributed by atoms with Crippen molar-refractivity contribution in [1.29, 1.82) is 0 Å². The molecule has 0 atom stereocenters. The molecule has 2 heterocycles. The van der Waals surface area contributed by atoms with Crippen LogP contribution in [0.15, 0.2) is 22.7 Å². The fraction of sp³-hybridized carbons (Fsp3) is 0.353. The topological polar surface area (TPSA) is 104 Å². The van der Waals surface area contributed by atoms with Crippen LogP contribution in [0.4, 0.5) is 0 Å². The molecule has 24 heavy (non-hydrogen) atoms. The summed E-state index contributed by atoms with van der Waals surface area (Å²) in [6.45, 7) is 5.66. The maximum atomic E-state index is 12.3. The van der Waals surface area contributed by atoms with Crippen molar-refractivity contribution in [2.75, 3.05) is 0 Å². The van der Waals surface area contributed by atoms with Crippen molar-refractivity contribution in [3.63, 3.8) is 0 Å². The fourth-order valence-corrected chi connectivity index (χ4v) is 3.01. The first-order chi connectivity index (χ1) is 11.3. The van der Waals surface area contributed by atoms with Crippen molar-refractivity contribution in [3.05, 3.63) is 46.7 Å². The normalized spacial score (nSPS) is 15.7. The Labute approximate surface area is 138 Å². The molecule has 7 heteroatoms. The van der Waals surface area contributed by atoms with E-state index in [9.17, 15) is 14.4 Å². The van der Waals surface area contributed by atoms with E-state index >= 15 is 0 Å². The number of aromatic amines is 1. The van der Waals surface area contributed by atoms with Crippen LogP contribution in [-0.4, -0.2) is 22.6 Å². The molecule has 0 aliphatic heterocycles. The van der Waals surface area contributed by atoms with Crippen molar-refractivity contribution in [2.45, 2.75) is 33.6 Å². The molecule has 7 nitrogen and oxygen atoms in total. The Kier molecular flexibility index (Phi) is 3.79. The lowest BCUT2D eigenvalue weighted by molar-refractivity contribution is 0.0825. The molecular formula is C17H19N3O4. The molecule has 0 saturated carbocycles. The van der Waals surface area contributed by atoms with Crippen LogP contribution in [0.1, 0.15) is 63.0 Å². The lowest BCUT2D eigenvalue weighted by atomic mass is 9.76. The monoisotopic (exact) mass is 329 g/mol. The smallest absolute Gasteiger partial charge is 0.305 e. The van der Waals surface area contributed by atoms with Gasteiger partial charge in [-0.3, -0.25) is 25.2 Å². The minimum atomic E-state index is -0.590. The molecule has 0 aromatic carbocycles. The zero-order valence-corrected chi connectivity index (χ0v) is 13.8. The number of H-pyrrole nitrogens is 1. The molecule has 0 spiro atoms. The lowest BCUT2D eigenvalue weighted by Gasteiger charge is -2.27. The fourth-order valence-electron chi connectivity index (χ4n) is 3.01. The zero-order valence-electron chi connectivity index (χ0n) is 13.8. The quantitative estimate of drug-likeness (QED) is 0.734. The molecule has 0 bridgehead atoms. The van der Waals surface area contributed by atoms with E-state index < -0.39 is 11.8 Å². The van der Waals surface area contributed by atoms with Gasteiger partial charge in [-0.05, 0) is 24.5 Å². The molecule has 3 rings (SSSR count). The van der Waals surface area contributed by atoms with Crippen molar-refractivity contribution in [2.24, 2.45) is 5.41 Å². The SMILES string of the molecule is Cc1c(C(=O)NNC(=O)c2ccc[nH]2)oc2c1C(=O)CC(C)(C)C2. The van der Waals surface area contributed by atoms with Gasteiger partial charge in [-0.2, -0.15) is 0 Å². The molecule has 0 saturated heterocycles. The van der Waals surface area contributed by atoms with Crippen LogP contribution in [-0.2, 0) is 6.42 Å². The first kappa shape index (κ1) is 16.0. The van der Waals surface area contributed by atoms with Gasteiger partial charge in [-0.25, -0.2) is 0 Å².